The van der Waals surface area contributed by atoms with Crippen LogP contribution in [0.3, 0.4) is 0 Å². The molecule has 1 rings (SSSR count). The number of ether oxygens (including phenoxy) is 1. The van der Waals surface area contributed by atoms with Crippen molar-refractivity contribution in [1.29, 1.82) is 0 Å². The van der Waals surface area contributed by atoms with Crippen LogP contribution in [-0.2, 0) is 0 Å². The quantitative estimate of drug-likeness (QED) is 0.813. The fourth-order valence-electron chi connectivity index (χ4n) is 1.61. The maximum absolute atomic E-state index is 5.16. The second-order valence-corrected chi connectivity index (χ2v) is 5.12. The lowest BCUT2D eigenvalue weighted by Crippen LogP contribution is -2.26. The van der Waals surface area contributed by atoms with E-state index in [1.165, 1.54) is 5.56 Å². The minimum absolute atomic E-state index is 0.391. The first-order valence-electron chi connectivity index (χ1n) is 6.42. The molecule has 2 unspecified atom stereocenters. The zero-order valence-electron chi connectivity index (χ0n) is 11.7. The zero-order valence-corrected chi connectivity index (χ0v) is 11.7. The van der Waals surface area contributed by atoms with Gasteiger partial charge in [0, 0.05) is 6.04 Å². The van der Waals surface area contributed by atoms with Gasteiger partial charge in [0.15, 0.2) is 0 Å². The second-order valence-electron chi connectivity index (χ2n) is 5.12. The number of benzene rings is 1. The van der Waals surface area contributed by atoms with Gasteiger partial charge < -0.3 is 10.1 Å². The van der Waals surface area contributed by atoms with Gasteiger partial charge in [-0.2, -0.15) is 0 Å². The third kappa shape index (κ3) is 4.39. The van der Waals surface area contributed by atoms with E-state index in [4.69, 9.17) is 4.74 Å². The van der Waals surface area contributed by atoms with Crippen molar-refractivity contribution in [3.63, 3.8) is 0 Å². The first kappa shape index (κ1) is 14.0. The lowest BCUT2D eigenvalue weighted by Gasteiger charge is -2.20. The van der Waals surface area contributed by atoms with Gasteiger partial charge in [-0.1, -0.05) is 32.9 Å². The van der Waals surface area contributed by atoms with Gasteiger partial charge in [-0.15, -0.1) is 0 Å². The van der Waals surface area contributed by atoms with Crippen LogP contribution in [0.2, 0.25) is 0 Å². The first-order chi connectivity index (χ1) is 8.04. The molecule has 0 saturated heterocycles. The van der Waals surface area contributed by atoms with Gasteiger partial charge in [-0.25, -0.2) is 0 Å². The summed E-state index contributed by atoms with van der Waals surface area (Å²) in [6.07, 6.45) is 0. The molecule has 2 heteroatoms. The van der Waals surface area contributed by atoms with E-state index < -0.39 is 0 Å². The van der Waals surface area contributed by atoms with Gasteiger partial charge in [0.1, 0.15) is 5.75 Å². The molecule has 0 bridgehead atoms. The molecule has 0 fully saturated rings. The lowest BCUT2D eigenvalue weighted by molar-refractivity contribution is 0.375. The Balaban J connectivity index is 2.48. The molecule has 96 valence electrons. The molecule has 2 nitrogen and oxygen atoms in total. The molecule has 0 aromatic heterocycles. The summed E-state index contributed by atoms with van der Waals surface area (Å²) in [5, 5.41) is 3.58. The van der Waals surface area contributed by atoms with Gasteiger partial charge in [-0.05, 0) is 43.0 Å². The average Bonchev–Trinajstić information content (AvgIpc) is 2.35. The molecule has 1 aromatic rings. The van der Waals surface area contributed by atoms with Crippen LogP contribution in [0.1, 0.15) is 39.3 Å². The third-order valence-electron chi connectivity index (χ3n) is 3.50. The maximum Gasteiger partial charge on any atom is 0.118 e. The Morgan fingerprint density at radius 2 is 1.65 bits per heavy atom. The fourth-order valence-corrected chi connectivity index (χ4v) is 1.61. The van der Waals surface area contributed by atoms with E-state index in [9.17, 15) is 0 Å². The van der Waals surface area contributed by atoms with E-state index >= 15 is 0 Å². The lowest BCUT2D eigenvalue weighted by atomic mass is 9.97. The van der Waals surface area contributed by atoms with Gasteiger partial charge in [-0.3, -0.25) is 0 Å². The van der Waals surface area contributed by atoms with E-state index in [0.717, 1.165) is 18.2 Å². The second kappa shape index (κ2) is 6.65. The molecular weight excluding hydrogens is 210 g/mol. The first-order valence-corrected chi connectivity index (χ1v) is 6.42. The minimum atomic E-state index is 0.391. The zero-order chi connectivity index (χ0) is 12.8. The molecule has 0 amide bonds. The molecule has 0 aliphatic carbocycles. The smallest absolute Gasteiger partial charge is 0.118 e. The van der Waals surface area contributed by atoms with Crippen LogP contribution in [0.15, 0.2) is 24.3 Å². The topological polar surface area (TPSA) is 21.3 Å². The molecule has 1 N–H and O–H groups in total. The molecule has 2 atom stereocenters. The Hall–Kier alpha value is -1.02. The summed E-state index contributed by atoms with van der Waals surface area (Å²) < 4.78 is 5.16. The molecular formula is C15H25NO. The normalized spacial score (nSPS) is 14.7. The molecule has 0 spiro atoms. The molecule has 0 aliphatic rings. The number of methoxy groups -OCH3 is 1. The Bertz CT molecular complexity index is 318. The van der Waals surface area contributed by atoms with E-state index in [0.29, 0.717) is 12.0 Å². The summed E-state index contributed by atoms with van der Waals surface area (Å²) in [6.45, 7) is 10.1. The number of nitrogens with one attached hydrogen (secondary N) is 1. The predicted octanol–water partition coefficient (Wildman–Crippen LogP) is 3.64. The van der Waals surface area contributed by atoms with Crippen LogP contribution in [0, 0.1) is 11.8 Å². The van der Waals surface area contributed by atoms with Crippen LogP contribution in [0.5, 0.6) is 5.75 Å². The van der Waals surface area contributed by atoms with Crippen LogP contribution in [0.4, 0.5) is 0 Å². The third-order valence-corrected chi connectivity index (χ3v) is 3.50. The number of hydrogen-bond acceptors (Lipinski definition) is 2. The standard InChI is InChI=1S/C15H25NO/c1-11(2)12(3)10-16-13(4)14-6-8-15(17-5)9-7-14/h6-9,11-13,16H,10H2,1-5H3. The van der Waals surface area contributed by atoms with Crippen LogP contribution in [0.25, 0.3) is 0 Å². The van der Waals surface area contributed by atoms with Gasteiger partial charge in [0.2, 0.25) is 0 Å². The largest absolute Gasteiger partial charge is 0.497 e. The Labute approximate surface area is 105 Å². The summed E-state index contributed by atoms with van der Waals surface area (Å²) in [5.41, 5.74) is 1.31. The molecule has 0 radical (unpaired) electrons. The SMILES string of the molecule is COc1ccc(C(C)NCC(C)C(C)C)cc1. The summed E-state index contributed by atoms with van der Waals surface area (Å²) in [5.74, 6) is 2.35. The van der Waals surface area contributed by atoms with Crippen molar-refractivity contribution < 1.29 is 4.74 Å². The van der Waals surface area contributed by atoms with Crippen molar-refractivity contribution in [2.75, 3.05) is 13.7 Å². The van der Waals surface area contributed by atoms with E-state index in [2.05, 4.69) is 45.1 Å². The van der Waals surface area contributed by atoms with E-state index in [-0.39, 0.29) is 0 Å². The highest BCUT2D eigenvalue weighted by atomic mass is 16.5. The monoisotopic (exact) mass is 235 g/mol. The summed E-state index contributed by atoms with van der Waals surface area (Å²) in [7, 11) is 1.70. The molecule has 17 heavy (non-hydrogen) atoms. The van der Waals surface area contributed by atoms with Gasteiger partial charge >= 0.3 is 0 Å². The van der Waals surface area contributed by atoms with E-state index in [1.807, 2.05) is 12.1 Å². The van der Waals surface area contributed by atoms with Crippen molar-refractivity contribution in [3.8, 4) is 5.75 Å². The minimum Gasteiger partial charge on any atom is -0.497 e. The van der Waals surface area contributed by atoms with Crippen molar-refractivity contribution in [2.45, 2.75) is 33.7 Å². The van der Waals surface area contributed by atoms with E-state index in [1.54, 1.807) is 7.11 Å². The fraction of sp³-hybridized carbons (Fsp3) is 0.600. The van der Waals surface area contributed by atoms with Crippen LogP contribution >= 0.6 is 0 Å². The van der Waals surface area contributed by atoms with Crippen molar-refractivity contribution >= 4 is 0 Å². The maximum atomic E-state index is 5.16. The van der Waals surface area contributed by atoms with Crippen molar-refractivity contribution in [1.82, 2.24) is 5.32 Å². The molecule has 0 aliphatic heterocycles. The summed E-state index contributed by atoms with van der Waals surface area (Å²) >= 11 is 0. The number of rotatable bonds is 6. The molecule has 0 saturated carbocycles. The summed E-state index contributed by atoms with van der Waals surface area (Å²) in [4.78, 5) is 0. The average molecular weight is 235 g/mol. The van der Waals surface area contributed by atoms with Gasteiger partial charge in [0.05, 0.1) is 7.11 Å². The van der Waals surface area contributed by atoms with Crippen molar-refractivity contribution in [2.24, 2.45) is 11.8 Å². The Morgan fingerprint density at radius 1 is 1.06 bits per heavy atom. The molecule has 1 aromatic carbocycles. The van der Waals surface area contributed by atoms with Crippen LogP contribution < -0.4 is 10.1 Å². The van der Waals surface area contributed by atoms with Gasteiger partial charge in [0.25, 0.3) is 0 Å². The van der Waals surface area contributed by atoms with Crippen molar-refractivity contribution in [3.05, 3.63) is 29.8 Å². The highest BCUT2D eigenvalue weighted by molar-refractivity contribution is 5.28. The highest BCUT2D eigenvalue weighted by Crippen LogP contribution is 2.18. The summed E-state index contributed by atoms with van der Waals surface area (Å²) in [6, 6.07) is 8.66. The van der Waals surface area contributed by atoms with Crippen LogP contribution in [-0.4, -0.2) is 13.7 Å². The molecule has 0 heterocycles. The number of hydrogen-bond donors (Lipinski definition) is 1. The predicted molar refractivity (Wildman–Crippen MR) is 73.4 cm³/mol. The Kier molecular flexibility index (Phi) is 5.49. The highest BCUT2D eigenvalue weighted by Gasteiger charge is 2.10. The Morgan fingerprint density at radius 3 is 2.12 bits per heavy atom.